The number of benzene rings is 1. The van der Waals surface area contributed by atoms with E-state index in [0.717, 1.165) is 11.0 Å². The van der Waals surface area contributed by atoms with Gasteiger partial charge in [-0.3, -0.25) is 0 Å². The molecule has 0 unspecified atom stereocenters. The van der Waals surface area contributed by atoms with Gasteiger partial charge in [-0.15, -0.1) is 0 Å². The van der Waals surface area contributed by atoms with E-state index < -0.39 is 0 Å². The first-order valence-corrected chi connectivity index (χ1v) is 9.14. The van der Waals surface area contributed by atoms with Gasteiger partial charge in [0.15, 0.2) is 0 Å². The number of ether oxygens (including phenoxy) is 2. The van der Waals surface area contributed by atoms with Crippen LogP contribution in [0.1, 0.15) is 25.7 Å². The molecule has 1 aromatic rings. The molecule has 0 aliphatic heterocycles. The molecule has 0 bridgehead atoms. The minimum absolute atomic E-state index is 0.264. The molecule has 0 saturated heterocycles. The fourth-order valence-electron chi connectivity index (χ4n) is 2.57. The number of amides is 2. The van der Waals surface area contributed by atoms with Crippen LogP contribution in [0.2, 0.25) is 5.02 Å². The number of thioether (sulfide) groups is 1. The van der Waals surface area contributed by atoms with Crippen LogP contribution in [-0.4, -0.2) is 37.8 Å². The molecule has 0 atom stereocenters. The summed E-state index contributed by atoms with van der Waals surface area (Å²) in [6.45, 7) is 0.639. The van der Waals surface area contributed by atoms with E-state index in [1.807, 2.05) is 11.8 Å². The fraction of sp³-hybridized carbons (Fsp3) is 0.562. The maximum absolute atomic E-state index is 12.0. The Labute approximate surface area is 146 Å². The quantitative estimate of drug-likeness (QED) is 0.719. The zero-order valence-electron chi connectivity index (χ0n) is 13.5. The van der Waals surface area contributed by atoms with Gasteiger partial charge in [-0.05, 0) is 12.8 Å². The fourth-order valence-corrected chi connectivity index (χ4v) is 4.02. The molecule has 0 heterocycles. The SMILES string of the molecule is COc1cc(NC(=O)NCCSC2CCCC2)c(OC)cc1Cl. The molecule has 0 spiro atoms. The van der Waals surface area contributed by atoms with E-state index in [2.05, 4.69) is 10.6 Å². The van der Waals surface area contributed by atoms with Crippen molar-refractivity contribution in [2.75, 3.05) is 31.8 Å². The first-order valence-electron chi connectivity index (χ1n) is 7.72. The Morgan fingerprint density at radius 2 is 1.96 bits per heavy atom. The van der Waals surface area contributed by atoms with Crippen molar-refractivity contribution in [3.63, 3.8) is 0 Å². The van der Waals surface area contributed by atoms with Crippen molar-refractivity contribution < 1.29 is 14.3 Å². The molecule has 128 valence electrons. The van der Waals surface area contributed by atoms with Crippen molar-refractivity contribution in [2.45, 2.75) is 30.9 Å². The van der Waals surface area contributed by atoms with Crippen LogP contribution in [0.15, 0.2) is 12.1 Å². The standard InChI is InChI=1S/C16H23ClN2O3S/c1-21-14-10-13(15(22-2)9-12(14)17)19-16(20)18-7-8-23-11-5-3-4-6-11/h9-11H,3-8H2,1-2H3,(H2,18,19,20). The summed E-state index contributed by atoms with van der Waals surface area (Å²) in [7, 11) is 3.05. The van der Waals surface area contributed by atoms with Crippen molar-refractivity contribution in [1.82, 2.24) is 5.32 Å². The average Bonchev–Trinajstić information content (AvgIpc) is 3.06. The highest BCUT2D eigenvalue weighted by molar-refractivity contribution is 7.99. The van der Waals surface area contributed by atoms with Crippen molar-refractivity contribution in [3.8, 4) is 11.5 Å². The lowest BCUT2D eigenvalue weighted by Crippen LogP contribution is -2.31. The number of hydrogen-bond donors (Lipinski definition) is 2. The lowest BCUT2D eigenvalue weighted by molar-refractivity contribution is 0.252. The predicted octanol–water partition coefficient (Wildman–Crippen LogP) is 4.15. The second-order valence-electron chi connectivity index (χ2n) is 5.35. The molecule has 7 heteroatoms. The molecule has 1 saturated carbocycles. The second-order valence-corrected chi connectivity index (χ2v) is 7.16. The normalized spacial score (nSPS) is 14.6. The summed E-state index contributed by atoms with van der Waals surface area (Å²) >= 11 is 7.99. The summed E-state index contributed by atoms with van der Waals surface area (Å²) in [5.74, 6) is 1.91. The summed E-state index contributed by atoms with van der Waals surface area (Å²) in [4.78, 5) is 12.0. The smallest absolute Gasteiger partial charge is 0.319 e. The summed E-state index contributed by atoms with van der Waals surface area (Å²) in [6.07, 6.45) is 5.28. The summed E-state index contributed by atoms with van der Waals surface area (Å²) in [5.41, 5.74) is 0.523. The number of nitrogens with one attached hydrogen (secondary N) is 2. The highest BCUT2D eigenvalue weighted by Crippen LogP contribution is 2.35. The zero-order valence-corrected chi connectivity index (χ0v) is 15.1. The van der Waals surface area contributed by atoms with Crippen molar-refractivity contribution in [3.05, 3.63) is 17.2 Å². The minimum atomic E-state index is -0.264. The molecule has 5 nitrogen and oxygen atoms in total. The Balaban J connectivity index is 1.81. The maximum Gasteiger partial charge on any atom is 0.319 e. The van der Waals surface area contributed by atoms with E-state index in [1.165, 1.54) is 39.9 Å². The number of urea groups is 1. The van der Waals surface area contributed by atoms with E-state index >= 15 is 0 Å². The zero-order chi connectivity index (χ0) is 16.7. The molecule has 23 heavy (non-hydrogen) atoms. The number of carbonyl (C=O) groups is 1. The van der Waals surface area contributed by atoms with E-state index in [0.29, 0.717) is 28.8 Å². The van der Waals surface area contributed by atoms with Crippen LogP contribution in [0.4, 0.5) is 10.5 Å². The van der Waals surface area contributed by atoms with Crippen LogP contribution in [0.3, 0.4) is 0 Å². The Morgan fingerprint density at radius 1 is 1.26 bits per heavy atom. The van der Waals surface area contributed by atoms with E-state index in [1.54, 1.807) is 12.1 Å². The summed E-state index contributed by atoms with van der Waals surface area (Å²) in [5, 5.41) is 6.83. The monoisotopic (exact) mass is 358 g/mol. The number of carbonyl (C=O) groups excluding carboxylic acids is 1. The minimum Gasteiger partial charge on any atom is -0.495 e. The van der Waals surface area contributed by atoms with Gasteiger partial charge in [-0.1, -0.05) is 24.4 Å². The molecule has 2 N–H and O–H groups in total. The number of methoxy groups -OCH3 is 2. The molecule has 1 aliphatic rings. The average molecular weight is 359 g/mol. The largest absolute Gasteiger partial charge is 0.495 e. The molecule has 0 radical (unpaired) electrons. The third kappa shape index (κ3) is 5.39. The Hall–Kier alpha value is -1.27. The Kier molecular flexibility index (Phi) is 7.17. The first-order chi connectivity index (χ1) is 11.1. The Morgan fingerprint density at radius 3 is 2.61 bits per heavy atom. The van der Waals surface area contributed by atoms with Crippen molar-refractivity contribution >= 4 is 35.1 Å². The molecule has 2 amide bonds. The van der Waals surface area contributed by atoms with Crippen LogP contribution < -0.4 is 20.1 Å². The van der Waals surface area contributed by atoms with Gasteiger partial charge >= 0.3 is 6.03 Å². The molecule has 0 aromatic heterocycles. The van der Waals surface area contributed by atoms with Crippen LogP contribution in [0.5, 0.6) is 11.5 Å². The summed E-state index contributed by atoms with van der Waals surface area (Å²) < 4.78 is 10.4. The summed E-state index contributed by atoms with van der Waals surface area (Å²) in [6, 6.07) is 3.00. The maximum atomic E-state index is 12.0. The molecule has 1 aromatic carbocycles. The second kappa shape index (κ2) is 9.13. The predicted molar refractivity (Wildman–Crippen MR) is 96.3 cm³/mol. The number of anilines is 1. The van der Waals surface area contributed by atoms with Crippen LogP contribution in [-0.2, 0) is 0 Å². The molecule has 1 fully saturated rings. The van der Waals surface area contributed by atoms with Gasteiger partial charge in [0.2, 0.25) is 0 Å². The molecule has 2 rings (SSSR count). The number of hydrogen-bond acceptors (Lipinski definition) is 4. The van der Waals surface area contributed by atoms with Crippen LogP contribution in [0.25, 0.3) is 0 Å². The molecular weight excluding hydrogens is 336 g/mol. The van der Waals surface area contributed by atoms with Gasteiger partial charge in [0.25, 0.3) is 0 Å². The van der Waals surface area contributed by atoms with Gasteiger partial charge in [-0.25, -0.2) is 4.79 Å². The van der Waals surface area contributed by atoms with Crippen LogP contribution in [0, 0.1) is 0 Å². The lowest BCUT2D eigenvalue weighted by atomic mass is 10.2. The van der Waals surface area contributed by atoms with Crippen molar-refractivity contribution in [2.24, 2.45) is 0 Å². The van der Waals surface area contributed by atoms with Gasteiger partial charge in [0.1, 0.15) is 11.5 Å². The van der Waals surface area contributed by atoms with Crippen LogP contribution >= 0.6 is 23.4 Å². The Bertz CT molecular complexity index is 536. The third-order valence-corrected chi connectivity index (χ3v) is 5.44. The van der Waals surface area contributed by atoms with Gasteiger partial charge in [-0.2, -0.15) is 11.8 Å². The van der Waals surface area contributed by atoms with Crippen molar-refractivity contribution in [1.29, 1.82) is 0 Å². The van der Waals surface area contributed by atoms with Gasteiger partial charge < -0.3 is 20.1 Å². The topological polar surface area (TPSA) is 59.6 Å². The van der Waals surface area contributed by atoms with E-state index in [-0.39, 0.29) is 6.03 Å². The highest BCUT2D eigenvalue weighted by Gasteiger charge is 2.15. The highest BCUT2D eigenvalue weighted by atomic mass is 35.5. The first kappa shape index (κ1) is 18.1. The van der Waals surface area contributed by atoms with Gasteiger partial charge in [0, 0.05) is 29.7 Å². The van der Waals surface area contributed by atoms with E-state index in [4.69, 9.17) is 21.1 Å². The van der Waals surface area contributed by atoms with Gasteiger partial charge in [0.05, 0.1) is 24.9 Å². The third-order valence-electron chi connectivity index (χ3n) is 3.77. The molecular formula is C16H23ClN2O3S. The molecule has 1 aliphatic carbocycles. The number of halogens is 1. The lowest BCUT2D eigenvalue weighted by Gasteiger charge is -2.14. The number of rotatable bonds is 7. The van der Waals surface area contributed by atoms with E-state index in [9.17, 15) is 4.79 Å².